The third-order valence-corrected chi connectivity index (χ3v) is 1.65. The Morgan fingerprint density at radius 3 is 1.71 bits per heavy atom. The molecule has 0 aromatic carbocycles. The van der Waals surface area contributed by atoms with Crippen LogP contribution in [0.15, 0.2) is 12.2 Å². The molecule has 0 atom stereocenters. The van der Waals surface area contributed by atoms with Crippen LogP contribution < -0.4 is 0 Å². The zero-order valence-electron chi connectivity index (χ0n) is 9.33. The summed E-state index contributed by atoms with van der Waals surface area (Å²) in [6.07, 6.45) is 0. The summed E-state index contributed by atoms with van der Waals surface area (Å²) in [5.74, 6) is -0.265. The number of carbonyl (C=O) groups excluding carboxylic acids is 1. The van der Waals surface area contributed by atoms with E-state index in [1.807, 2.05) is 19.6 Å². The van der Waals surface area contributed by atoms with Gasteiger partial charge >= 0.3 is 5.97 Å². The Balaban J connectivity index is 0. The molecule has 84 valence electrons. The molecule has 0 radical (unpaired) electrons. The van der Waals surface area contributed by atoms with Gasteiger partial charge in [-0.2, -0.15) is 0 Å². The summed E-state index contributed by atoms with van der Waals surface area (Å²) in [6.45, 7) is 10.8. The van der Waals surface area contributed by atoms with E-state index in [2.05, 4.69) is 6.58 Å². The number of aliphatic hydroxyl groups excluding tert-OH is 2. The number of rotatable bonds is 3. The maximum absolute atomic E-state index is 10.9. The summed E-state index contributed by atoms with van der Waals surface area (Å²) in [5, 5.41) is 15.2. The molecule has 0 saturated carbocycles. The van der Waals surface area contributed by atoms with Crippen molar-refractivity contribution in [2.24, 2.45) is 0 Å². The SMILES string of the molecule is C=C(C)C(=O)O[Si](C)(C)C.OCCO. The zero-order chi connectivity index (χ0) is 11.8. The molecular formula is C9H20O4Si. The highest BCUT2D eigenvalue weighted by Gasteiger charge is 2.19. The van der Waals surface area contributed by atoms with Crippen LogP contribution >= 0.6 is 0 Å². The van der Waals surface area contributed by atoms with Crippen LogP contribution in [0.3, 0.4) is 0 Å². The summed E-state index contributed by atoms with van der Waals surface area (Å²) in [7, 11) is -1.69. The number of hydrogen-bond donors (Lipinski definition) is 2. The molecule has 0 heterocycles. The molecule has 0 saturated heterocycles. The maximum Gasteiger partial charge on any atom is 0.319 e. The second kappa shape index (κ2) is 7.72. The first-order valence-electron chi connectivity index (χ1n) is 4.35. The molecule has 0 fully saturated rings. The largest absolute Gasteiger partial charge is 0.517 e. The molecule has 4 nitrogen and oxygen atoms in total. The predicted molar refractivity (Wildman–Crippen MR) is 58.4 cm³/mol. The molecule has 0 amide bonds. The quantitative estimate of drug-likeness (QED) is 0.548. The van der Waals surface area contributed by atoms with E-state index in [0.717, 1.165) is 0 Å². The van der Waals surface area contributed by atoms with Crippen LogP contribution in [-0.2, 0) is 9.22 Å². The van der Waals surface area contributed by atoms with Gasteiger partial charge in [0, 0.05) is 5.57 Å². The van der Waals surface area contributed by atoms with Gasteiger partial charge in [0.15, 0.2) is 0 Å². The van der Waals surface area contributed by atoms with Gasteiger partial charge in [-0.25, -0.2) is 4.79 Å². The minimum atomic E-state index is -1.69. The van der Waals surface area contributed by atoms with Crippen LogP contribution in [0.1, 0.15) is 6.92 Å². The molecule has 0 aliphatic rings. The van der Waals surface area contributed by atoms with Crippen LogP contribution in [0.25, 0.3) is 0 Å². The van der Waals surface area contributed by atoms with Crippen LogP contribution in [0.2, 0.25) is 19.6 Å². The molecule has 0 aliphatic carbocycles. The van der Waals surface area contributed by atoms with E-state index in [1.165, 1.54) is 0 Å². The first-order chi connectivity index (χ1) is 6.24. The summed E-state index contributed by atoms with van der Waals surface area (Å²) in [5.41, 5.74) is 0.474. The van der Waals surface area contributed by atoms with E-state index in [0.29, 0.717) is 5.57 Å². The van der Waals surface area contributed by atoms with Gasteiger partial charge in [-0.3, -0.25) is 0 Å². The fourth-order valence-electron chi connectivity index (χ4n) is 0.365. The number of carbonyl (C=O) groups is 1. The Kier molecular flexibility index (Phi) is 8.72. The van der Waals surface area contributed by atoms with E-state index in [9.17, 15) is 4.79 Å². The van der Waals surface area contributed by atoms with Gasteiger partial charge < -0.3 is 14.6 Å². The monoisotopic (exact) mass is 220 g/mol. The van der Waals surface area contributed by atoms with Crippen molar-refractivity contribution in [2.45, 2.75) is 26.6 Å². The summed E-state index contributed by atoms with van der Waals surface area (Å²) in [6, 6.07) is 0. The average Bonchev–Trinajstić information content (AvgIpc) is 2.02. The molecule has 14 heavy (non-hydrogen) atoms. The molecule has 2 N–H and O–H groups in total. The lowest BCUT2D eigenvalue weighted by Gasteiger charge is -2.16. The Morgan fingerprint density at radius 1 is 1.29 bits per heavy atom. The van der Waals surface area contributed by atoms with E-state index in [1.54, 1.807) is 6.92 Å². The average molecular weight is 220 g/mol. The van der Waals surface area contributed by atoms with Crippen molar-refractivity contribution < 1.29 is 19.4 Å². The Hall–Kier alpha value is -0.653. The number of aliphatic hydroxyl groups is 2. The first kappa shape index (κ1) is 15.8. The summed E-state index contributed by atoms with van der Waals surface area (Å²) < 4.78 is 5.10. The van der Waals surface area contributed by atoms with E-state index in [4.69, 9.17) is 14.6 Å². The maximum atomic E-state index is 10.9. The van der Waals surface area contributed by atoms with Crippen molar-refractivity contribution >= 4 is 14.3 Å². The molecule has 0 bridgehead atoms. The lowest BCUT2D eigenvalue weighted by atomic mass is 10.4. The summed E-state index contributed by atoms with van der Waals surface area (Å²) in [4.78, 5) is 10.9. The van der Waals surface area contributed by atoms with Gasteiger partial charge in [0.1, 0.15) is 0 Å². The minimum absolute atomic E-state index is 0.125. The minimum Gasteiger partial charge on any atom is -0.517 e. The second-order valence-electron chi connectivity index (χ2n) is 3.73. The Morgan fingerprint density at radius 2 is 1.64 bits per heavy atom. The van der Waals surface area contributed by atoms with Gasteiger partial charge in [0.25, 0.3) is 0 Å². The van der Waals surface area contributed by atoms with E-state index < -0.39 is 8.32 Å². The van der Waals surface area contributed by atoms with E-state index >= 15 is 0 Å². The molecule has 0 spiro atoms. The second-order valence-corrected chi connectivity index (χ2v) is 8.16. The van der Waals surface area contributed by atoms with Gasteiger partial charge in [-0.15, -0.1) is 0 Å². The van der Waals surface area contributed by atoms with Gasteiger partial charge in [-0.1, -0.05) is 6.58 Å². The van der Waals surface area contributed by atoms with Gasteiger partial charge in [0.2, 0.25) is 8.32 Å². The predicted octanol–water partition coefficient (Wildman–Crippen LogP) is 0.912. The Bertz CT molecular complexity index is 182. The molecule has 5 heteroatoms. The standard InChI is InChI=1S/C7H14O2Si.C2H6O2/c1-6(2)7(8)9-10(3,4)5;3-1-2-4/h1H2,2-5H3;3-4H,1-2H2. The van der Waals surface area contributed by atoms with Crippen molar-refractivity contribution in [3.63, 3.8) is 0 Å². The topological polar surface area (TPSA) is 66.8 Å². The molecule has 0 aromatic rings. The lowest BCUT2D eigenvalue weighted by Crippen LogP contribution is -2.29. The van der Waals surface area contributed by atoms with E-state index in [-0.39, 0.29) is 19.2 Å². The first-order valence-corrected chi connectivity index (χ1v) is 7.76. The van der Waals surface area contributed by atoms with Gasteiger partial charge in [0.05, 0.1) is 13.2 Å². The lowest BCUT2D eigenvalue weighted by molar-refractivity contribution is -0.130. The zero-order valence-corrected chi connectivity index (χ0v) is 10.3. The van der Waals surface area contributed by atoms with Crippen molar-refractivity contribution in [1.29, 1.82) is 0 Å². The Labute approximate surface area is 86.3 Å². The van der Waals surface area contributed by atoms with Crippen molar-refractivity contribution in [3.05, 3.63) is 12.2 Å². The van der Waals surface area contributed by atoms with Crippen LogP contribution in [0.4, 0.5) is 0 Å². The van der Waals surface area contributed by atoms with Crippen molar-refractivity contribution in [2.75, 3.05) is 13.2 Å². The van der Waals surface area contributed by atoms with Crippen LogP contribution in [-0.4, -0.2) is 37.7 Å². The highest BCUT2D eigenvalue weighted by Crippen LogP contribution is 2.05. The van der Waals surface area contributed by atoms with Crippen LogP contribution in [0.5, 0.6) is 0 Å². The normalized spacial score (nSPS) is 9.86. The van der Waals surface area contributed by atoms with Gasteiger partial charge in [-0.05, 0) is 26.6 Å². The fraction of sp³-hybridized carbons (Fsp3) is 0.667. The third-order valence-electron chi connectivity index (χ3n) is 0.847. The molecule has 0 unspecified atom stereocenters. The summed E-state index contributed by atoms with van der Waals surface area (Å²) >= 11 is 0. The molecule has 0 aromatic heterocycles. The fourth-order valence-corrected chi connectivity index (χ4v) is 1.10. The van der Waals surface area contributed by atoms with Crippen LogP contribution in [0, 0.1) is 0 Å². The smallest absolute Gasteiger partial charge is 0.319 e. The van der Waals surface area contributed by atoms with Crippen molar-refractivity contribution in [1.82, 2.24) is 0 Å². The highest BCUT2D eigenvalue weighted by atomic mass is 28.4. The molecular weight excluding hydrogens is 200 g/mol. The van der Waals surface area contributed by atoms with Crippen molar-refractivity contribution in [3.8, 4) is 0 Å². The highest BCUT2D eigenvalue weighted by molar-refractivity contribution is 6.71. The number of hydrogen-bond acceptors (Lipinski definition) is 4. The molecule has 0 rings (SSSR count). The third kappa shape index (κ3) is 13.9. The molecule has 0 aliphatic heterocycles.